The molecule has 0 saturated carbocycles. The van der Waals surface area contributed by atoms with Crippen molar-refractivity contribution in [1.82, 2.24) is 24.5 Å². The Balaban J connectivity index is 1.24. The molecule has 0 radical (unpaired) electrons. The summed E-state index contributed by atoms with van der Waals surface area (Å²) in [6, 6.07) is -0.705. The lowest BCUT2D eigenvalue weighted by Crippen LogP contribution is -2.48. The van der Waals surface area contributed by atoms with E-state index >= 15 is 0 Å². The van der Waals surface area contributed by atoms with E-state index in [1.807, 2.05) is 7.05 Å². The first-order valence-corrected chi connectivity index (χ1v) is 12.2. The fraction of sp³-hybridized carbons (Fsp3) is 0.611. The molecule has 14 heteroatoms. The van der Waals surface area contributed by atoms with Crippen LogP contribution >= 0.6 is 11.6 Å². The number of anilines is 3. The van der Waals surface area contributed by atoms with E-state index < -0.39 is 27.4 Å². The van der Waals surface area contributed by atoms with Gasteiger partial charge in [-0.25, -0.2) is 18.1 Å². The Labute approximate surface area is 190 Å². The fourth-order valence-corrected chi connectivity index (χ4v) is 5.75. The van der Waals surface area contributed by atoms with Crippen molar-refractivity contribution in [2.24, 2.45) is 7.05 Å². The van der Waals surface area contributed by atoms with Crippen molar-refractivity contribution >= 4 is 39.1 Å². The summed E-state index contributed by atoms with van der Waals surface area (Å²) < 4.78 is 46.6. The number of fused-ring (bicyclic) bond motifs is 1. The molecule has 0 amide bonds. The smallest absolute Gasteiger partial charge is 0.229 e. The lowest BCUT2D eigenvalue weighted by molar-refractivity contribution is 0.0690. The van der Waals surface area contributed by atoms with Gasteiger partial charge in [0.1, 0.15) is 22.5 Å². The summed E-state index contributed by atoms with van der Waals surface area (Å²) >= 11 is 6.30. The van der Waals surface area contributed by atoms with Crippen LogP contribution in [0.15, 0.2) is 18.6 Å². The number of sulfonamides is 1. The highest BCUT2D eigenvalue weighted by molar-refractivity contribution is 7.90. The van der Waals surface area contributed by atoms with Gasteiger partial charge in [0.2, 0.25) is 16.0 Å². The van der Waals surface area contributed by atoms with Gasteiger partial charge in [0, 0.05) is 19.9 Å². The molecule has 3 aliphatic rings. The van der Waals surface area contributed by atoms with Gasteiger partial charge >= 0.3 is 0 Å². The maximum Gasteiger partial charge on any atom is 0.229 e. The lowest BCUT2D eigenvalue weighted by Gasteiger charge is -2.20. The maximum absolute atomic E-state index is 12.6. The number of ether oxygens (including phenoxy) is 3. The van der Waals surface area contributed by atoms with Crippen LogP contribution in [0.3, 0.4) is 0 Å². The van der Waals surface area contributed by atoms with Crippen molar-refractivity contribution in [3.8, 4) is 0 Å². The Kier molecular flexibility index (Phi) is 5.94. The Morgan fingerprint density at radius 1 is 1.16 bits per heavy atom. The highest BCUT2D eigenvalue weighted by Gasteiger charge is 2.49. The number of hydrogen-bond acceptors (Lipinski definition) is 10. The van der Waals surface area contributed by atoms with Gasteiger partial charge in [0.15, 0.2) is 5.82 Å². The maximum atomic E-state index is 12.6. The molecule has 3 N–H and O–H groups in total. The zero-order valence-electron chi connectivity index (χ0n) is 17.3. The van der Waals surface area contributed by atoms with Gasteiger partial charge in [-0.15, -0.1) is 0 Å². The molecule has 3 saturated heterocycles. The number of nitrogens with zero attached hydrogens (tertiary/aromatic N) is 4. The molecule has 12 nitrogen and oxygen atoms in total. The monoisotopic (exact) mass is 485 g/mol. The molecule has 174 valence electrons. The Bertz CT molecular complexity index is 1080. The van der Waals surface area contributed by atoms with Crippen LogP contribution in [0.25, 0.3) is 0 Å². The van der Waals surface area contributed by atoms with Crippen molar-refractivity contribution in [3.63, 3.8) is 0 Å². The van der Waals surface area contributed by atoms with Crippen LogP contribution in [0.5, 0.6) is 0 Å². The first-order valence-electron chi connectivity index (χ1n) is 10.3. The van der Waals surface area contributed by atoms with Gasteiger partial charge in [-0.1, -0.05) is 11.6 Å². The molecule has 0 spiro atoms. The van der Waals surface area contributed by atoms with E-state index in [0.717, 1.165) is 5.69 Å². The first kappa shape index (κ1) is 21.8. The molecule has 5 rings (SSSR count). The predicted molar refractivity (Wildman–Crippen MR) is 115 cm³/mol. The van der Waals surface area contributed by atoms with E-state index in [4.69, 9.17) is 25.8 Å². The minimum absolute atomic E-state index is 0.212. The second-order valence-electron chi connectivity index (χ2n) is 8.02. The third kappa shape index (κ3) is 4.40. The Morgan fingerprint density at radius 2 is 1.94 bits per heavy atom. The zero-order valence-corrected chi connectivity index (χ0v) is 18.8. The molecule has 0 aliphatic carbocycles. The minimum atomic E-state index is -3.51. The number of hydrogen-bond donors (Lipinski definition) is 3. The van der Waals surface area contributed by atoms with Crippen LogP contribution in [0, 0.1) is 0 Å². The van der Waals surface area contributed by atoms with Crippen molar-refractivity contribution in [3.05, 3.63) is 23.6 Å². The van der Waals surface area contributed by atoms with E-state index in [1.165, 1.54) is 6.20 Å². The third-order valence-corrected chi connectivity index (χ3v) is 7.88. The van der Waals surface area contributed by atoms with Crippen molar-refractivity contribution < 1.29 is 22.6 Å². The number of aryl methyl sites for hydroxylation is 1. The van der Waals surface area contributed by atoms with E-state index in [1.54, 1.807) is 17.1 Å². The second kappa shape index (κ2) is 8.72. The van der Waals surface area contributed by atoms with E-state index in [-0.39, 0.29) is 25.4 Å². The molecule has 2 aromatic rings. The molecule has 32 heavy (non-hydrogen) atoms. The number of halogens is 1. The molecule has 0 aromatic carbocycles. The fourth-order valence-electron chi connectivity index (χ4n) is 4.11. The van der Waals surface area contributed by atoms with Crippen LogP contribution in [-0.4, -0.2) is 84.1 Å². The van der Waals surface area contributed by atoms with E-state index in [9.17, 15) is 8.42 Å². The van der Waals surface area contributed by atoms with Gasteiger partial charge < -0.3 is 24.8 Å². The van der Waals surface area contributed by atoms with Crippen LogP contribution in [0.2, 0.25) is 5.02 Å². The molecule has 2 aromatic heterocycles. The summed E-state index contributed by atoms with van der Waals surface area (Å²) in [6.07, 6.45) is 4.70. The standard InChI is InChI=1S/C18H24ClN7O5S/c1-26-6-10(4-21-26)22-18-20-5-12(19)17(24-18)23-13-8-30-16-14(9-31-15(13)16)25-32(27,28)11-2-3-29-7-11/h4-6,11,13-16,25H,2-3,7-9H2,1H3,(H2,20,22,23,24). The average Bonchev–Trinajstić information content (AvgIpc) is 3.53. The Hall–Kier alpha value is -2.03. The quantitative estimate of drug-likeness (QED) is 0.500. The molecule has 3 fully saturated rings. The second-order valence-corrected chi connectivity index (χ2v) is 10.4. The van der Waals surface area contributed by atoms with Crippen molar-refractivity contribution in [2.45, 2.75) is 36.0 Å². The zero-order chi connectivity index (χ0) is 22.3. The number of nitrogens with one attached hydrogen (secondary N) is 3. The van der Waals surface area contributed by atoms with Gasteiger partial charge in [0.25, 0.3) is 0 Å². The number of aromatic nitrogens is 4. The molecule has 0 bridgehead atoms. The van der Waals surface area contributed by atoms with Crippen LogP contribution in [0.4, 0.5) is 17.5 Å². The summed E-state index contributed by atoms with van der Waals surface area (Å²) in [5.74, 6) is 0.787. The Morgan fingerprint density at radius 3 is 2.66 bits per heavy atom. The highest BCUT2D eigenvalue weighted by atomic mass is 35.5. The van der Waals surface area contributed by atoms with Gasteiger partial charge in [-0.05, 0) is 6.42 Å². The van der Waals surface area contributed by atoms with Crippen LogP contribution < -0.4 is 15.4 Å². The van der Waals surface area contributed by atoms with E-state index in [2.05, 4.69) is 30.4 Å². The van der Waals surface area contributed by atoms with Crippen LogP contribution in [0.1, 0.15) is 6.42 Å². The molecule has 5 atom stereocenters. The predicted octanol–water partition coefficient (Wildman–Crippen LogP) is 0.262. The summed E-state index contributed by atoms with van der Waals surface area (Å²) in [4.78, 5) is 8.64. The third-order valence-electron chi connectivity index (χ3n) is 5.72. The molecular weight excluding hydrogens is 462 g/mol. The molecule has 5 unspecified atom stereocenters. The summed E-state index contributed by atoms with van der Waals surface area (Å²) in [6.45, 7) is 1.22. The molecule has 3 aliphatic heterocycles. The largest absolute Gasteiger partial charge is 0.380 e. The van der Waals surface area contributed by atoms with Gasteiger partial charge in [-0.3, -0.25) is 4.68 Å². The average molecular weight is 486 g/mol. The van der Waals surface area contributed by atoms with Gasteiger partial charge in [0.05, 0.1) is 50.0 Å². The summed E-state index contributed by atoms with van der Waals surface area (Å²) in [5, 5.41) is 10.2. The summed E-state index contributed by atoms with van der Waals surface area (Å²) in [5.41, 5.74) is 0.743. The molecular formula is C18H24ClN7O5S. The van der Waals surface area contributed by atoms with Gasteiger partial charge in [-0.2, -0.15) is 10.1 Å². The van der Waals surface area contributed by atoms with Crippen molar-refractivity contribution in [1.29, 1.82) is 0 Å². The first-order chi connectivity index (χ1) is 15.4. The topological polar surface area (TPSA) is 142 Å². The summed E-state index contributed by atoms with van der Waals surface area (Å²) in [7, 11) is -1.70. The normalized spacial score (nSPS) is 29.9. The van der Waals surface area contributed by atoms with Crippen molar-refractivity contribution in [2.75, 3.05) is 37.1 Å². The van der Waals surface area contributed by atoms with Crippen LogP contribution in [-0.2, 0) is 31.3 Å². The lowest BCUT2D eigenvalue weighted by atomic mass is 10.1. The van der Waals surface area contributed by atoms with E-state index in [0.29, 0.717) is 36.4 Å². The SMILES string of the molecule is Cn1cc(Nc2ncc(Cl)c(NC3COC4C(NS(=O)(=O)C5CCOC5)COC34)n2)cn1. The number of rotatable bonds is 7. The highest BCUT2D eigenvalue weighted by Crippen LogP contribution is 2.31. The minimum Gasteiger partial charge on any atom is -0.380 e. The molecule has 5 heterocycles.